The molecular formula is C15H14Br2O2. The Morgan fingerprint density at radius 2 is 1.79 bits per heavy atom. The number of para-hydroxylation sites is 1. The minimum atomic E-state index is 0.492. The van der Waals surface area contributed by atoms with Crippen LogP contribution < -0.4 is 9.47 Å². The van der Waals surface area contributed by atoms with E-state index in [4.69, 9.17) is 9.47 Å². The summed E-state index contributed by atoms with van der Waals surface area (Å²) in [5, 5.41) is 0.758. The van der Waals surface area contributed by atoms with Gasteiger partial charge in [-0.3, -0.25) is 0 Å². The lowest BCUT2D eigenvalue weighted by molar-refractivity contribution is 0.294. The molecule has 0 aliphatic carbocycles. The largest absolute Gasteiger partial charge is 0.496 e. The van der Waals surface area contributed by atoms with Crippen LogP contribution in [0.2, 0.25) is 0 Å². The molecule has 2 aromatic carbocycles. The van der Waals surface area contributed by atoms with Crippen LogP contribution in [0.15, 0.2) is 46.9 Å². The van der Waals surface area contributed by atoms with Crippen LogP contribution >= 0.6 is 31.9 Å². The monoisotopic (exact) mass is 384 g/mol. The third-order valence-corrected chi connectivity index (χ3v) is 3.84. The predicted molar refractivity (Wildman–Crippen MR) is 84.1 cm³/mol. The molecule has 0 aromatic heterocycles. The third-order valence-electron chi connectivity index (χ3n) is 2.74. The molecule has 0 radical (unpaired) electrons. The first-order valence-electron chi connectivity index (χ1n) is 5.83. The quantitative estimate of drug-likeness (QED) is 0.679. The van der Waals surface area contributed by atoms with Gasteiger partial charge in [-0.1, -0.05) is 50.1 Å². The highest BCUT2D eigenvalue weighted by Crippen LogP contribution is 2.27. The molecule has 0 saturated heterocycles. The number of halogens is 2. The van der Waals surface area contributed by atoms with Gasteiger partial charge in [0.1, 0.15) is 18.1 Å². The summed E-state index contributed by atoms with van der Waals surface area (Å²) in [5.74, 6) is 1.73. The van der Waals surface area contributed by atoms with Gasteiger partial charge in [-0.05, 0) is 24.3 Å². The fourth-order valence-corrected chi connectivity index (χ4v) is 2.62. The van der Waals surface area contributed by atoms with E-state index in [1.54, 1.807) is 7.11 Å². The van der Waals surface area contributed by atoms with Crippen molar-refractivity contribution < 1.29 is 9.47 Å². The van der Waals surface area contributed by atoms with Gasteiger partial charge in [-0.15, -0.1) is 0 Å². The molecular weight excluding hydrogens is 372 g/mol. The molecule has 2 nitrogen and oxygen atoms in total. The van der Waals surface area contributed by atoms with Crippen LogP contribution in [0, 0.1) is 0 Å². The molecule has 0 unspecified atom stereocenters. The van der Waals surface area contributed by atoms with Crippen molar-refractivity contribution >= 4 is 31.9 Å². The SMILES string of the molecule is COc1ccccc1COc1ccc(Br)cc1CBr. The highest BCUT2D eigenvalue weighted by atomic mass is 79.9. The summed E-state index contributed by atoms with van der Waals surface area (Å²) in [4.78, 5) is 0. The Morgan fingerprint density at radius 3 is 2.53 bits per heavy atom. The normalized spacial score (nSPS) is 10.3. The number of alkyl halides is 1. The van der Waals surface area contributed by atoms with Crippen molar-refractivity contribution in [3.8, 4) is 11.5 Å². The summed E-state index contributed by atoms with van der Waals surface area (Å²) in [5.41, 5.74) is 2.15. The van der Waals surface area contributed by atoms with E-state index in [2.05, 4.69) is 31.9 Å². The van der Waals surface area contributed by atoms with Gasteiger partial charge >= 0.3 is 0 Å². The van der Waals surface area contributed by atoms with Crippen molar-refractivity contribution in [1.82, 2.24) is 0 Å². The highest BCUT2D eigenvalue weighted by molar-refractivity contribution is 9.10. The zero-order valence-electron chi connectivity index (χ0n) is 10.5. The van der Waals surface area contributed by atoms with Gasteiger partial charge in [-0.2, -0.15) is 0 Å². The topological polar surface area (TPSA) is 18.5 Å². The maximum Gasteiger partial charge on any atom is 0.125 e. The van der Waals surface area contributed by atoms with Crippen LogP contribution in [0.5, 0.6) is 11.5 Å². The number of rotatable bonds is 5. The molecule has 2 aromatic rings. The number of benzene rings is 2. The van der Waals surface area contributed by atoms with Crippen molar-refractivity contribution in [2.75, 3.05) is 7.11 Å². The van der Waals surface area contributed by atoms with Crippen molar-refractivity contribution in [1.29, 1.82) is 0 Å². The van der Waals surface area contributed by atoms with E-state index in [0.717, 1.165) is 32.4 Å². The summed E-state index contributed by atoms with van der Waals surface area (Å²) in [6, 6.07) is 13.9. The van der Waals surface area contributed by atoms with Gasteiger partial charge in [0.2, 0.25) is 0 Å². The Morgan fingerprint density at radius 1 is 1.00 bits per heavy atom. The van der Waals surface area contributed by atoms with Crippen LogP contribution in [0.4, 0.5) is 0 Å². The molecule has 19 heavy (non-hydrogen) atoms. The van der Waals surface area contributed by atoms with Gasteiger partial charge in [0.15, 0.2) is 0 Å². The van der Waals surface area contributed by atoms with Gasteiger partial charge in [0, 0.05) is 20.9 Å². The molecule has 4 heteroatoms. The Bertz CT molecular complexity index is 556. The lowest BCUT2D eigenvalue weighted by atomic mass is 10.2. The van der Waals surface area contributed by atoms with Gasteiger partial charge in [0.05, 0.1) is 7.11 Å². The summed E-state index contributed by atoms with van der Waals surface area (Å²) in [6.07, 6.45) is 0. The summed E-state index contributed by atoms with van der Waals surface area (Å²) in [7, 11) is 1.67. The Kier molecular flexibility index (Phi) is 5.28. The van der Waals surface area contributed by atoms with Crippen LogP contribution in [0.1, 0.15) is 11.1 Å². The maximum absolute atomic E-state index is 5.88. The molecule has 0 aliphatic heterocycles. The van der Waals surface area contributed by atoms with Crippen LogP contribution in [-0.2, 0) is 11.9 Å². The molecule has 0 saturated carbocycles. The summed E-state index contributed by atoms with van der Waals surface area (Å²) >= 11 is 6.93. The highest BCUT2D eigenvalue weighted by Gasteiger charge is 2.06. The van der Waals surface area contributed by atoms with E-state index in [-0.39, 0.29) is 0 Å². The smallest absolute Gasteiger partial charge is 0.125 e. The lowest BCUT2D eigenvalue weighted by Crippen LogP contribution is -2.00. The second-order valence-electron chi connectivity index (χ2n) is 3.99. The van der Waals surface area contributed by atoms with Gasteiger partial charge in [0.25, 0.3) is 0 Å². The minimum Gasteiger partial charge on any atom is -0.496 e. The van der Waals surface area contributed by atoms with Crippen LogP contribution in [0.3, 0.4) is 0 Å². The molecule has 0 heterocycles. The molecule has 0 amide bonds. The molecule has 100 valence electrons. The summed E-state index contributed by atoms with van der Waals surface area (Å²) < 4.78 is 12.2. The van der Waals surface area contributed by atoms with E-state index in [9.17, 15) is 0 Å². The van der Waals surface area contributed by atoms with E-state index < -0.39 is 0 Å². The first-order chi connectivity index (χ1) is 9.24. The Balaban J connectivity index is 2.14. The van der Waals surface area contributed by atoms with Crippen LogP contribution in [-0.4, -0.2) is 7.11 Å². The molecule has 0 N–H and O–H groups in total. The standard InChI is InChI=1S/C15H14Br2O2/c1-18-14-5-3-2-4-11(14)10-19-15-7-6-13(17)8-12(15)9-16/h2-8H,9-10H2,1H3. The zero-order valence-corrected chi connectivity index (χ0v) is 13.7. The van der Waals surface area contributed by atoms with Crippen molar-refractivity contribution in [3.63, 3.8) is 0 Å². The number of methoxy groups -OCH3 is 1. The van der Waals surface area contributed by atoms with E-state index in [0.29, 0.717) is 6.61 Å². The van der Waals surface area contributed by atoms with Crippen molar-refractivity contribution in [2.45, 2.75) is 11.9 Å². The molecule has 0 atom stereocenters. The minimum absolute atomic E-state index is 0.492. The second kappa shape index (κ2) is 6.96. The first-order valence-corrected chi connectivity index (χ1v) is 7.75. The fourth-order valence-electron chi connectivity index (χ4n) is 1.77. The summed E-state index contributed by atoms with van der Waals surface area (Å²) in [6.45, 7) is 0.492. The first kappa shape index (κ1) is 14.4. The Labute approximate surface area is 130 Å². The number of hydrogen-bond acceptors (Lipinski definition) is 2. The molecule has 0 fully saturated rings. The van der Waals surface area contributed by atoms with Crippen molar-refractivity contribution in [2.24, 2.45) is 0 Å². The predicted octanol–water partition coefficient (Wildman–Crippen LogP) is 4.93. The third kappa shape index (κ3) is 3.74. The van der Waals surface area contributed by atoms with E-state index in [1.807, 2.05) is 42.5 Å². The van der Waals surface area contributed by atoms with Crippen molar-refractivity contribution in [3.05, 3.63) is 58.1 Å². The molecule has 0 aliphatic rings. The lowest BCUT2D eigenvalue weighted by Gasteiger charge is -2.12. The van der Waals surface area contributed by atoms with E-state index in [1.165, 1.54) is 0 Å². The molecule has 2 rings (SSSR count). The number of ether oxygens (including phenoxy) is 2. The fraction of sp³-hybridized carbons (Fsp3) is 0.200. The Hall–Kier alpha value is -1.000. The average Bonchev–Trinajstić information content (AvgIpc) is 2.46. The zero-order chi connectivity index (χ0) is 13.7. The second-order valence-corrected chi connectivity index (χ2v) is 5.46. The van der Waals surface area contributed by atoms with Gasteiger partial charge in [-0.25, -0.2) is 0 Å². The molecule has 0 spiro atoms. The average molecular weight is 386 g/mol. The van der Waals surface area contributed by atoms with Crippen LogP contribution in [0.25, 0.3) is 0 Å². The molecule has 0 bridgehead atoms. The van der Waals surface area contributed by atoms with Gasteiger partial charge < -0.3 is 9.47 Å². The van der Waals surface area contributed by atoms with E-state index >= 15 is 0 Å². The maximum atomic E-state index is 5.88. The number of hydrogen-bond donors (Lipinski definition) is 0.